The van der Waals surface area contributed by atoms with Crippen LogP contribution in [0.4, 0.5) is 0 Å². The molecule has 0 aromatic carbocycles. The Bertz CT molecular complexity index is 167. The van der Waals surface area contributed by atoms with E-state index in [1.807, 2.05) is 6.08 Å². The highest BCUT2D eigenvalue weighted by Crippen LogP contribution is 2.33. The molecule has 0 saturated heterocycles. The summed E-state index contributed by atoms with van der Waals surface area (Å²) >= 11 is 0. The molecule has 3 N–H and O–H groups in total. The van der Waals surface area contributed by atoms with Crippen LogP contribution in [0.3, 0.4) is 0 Å². The van der Waals surface area contributed by atoms with Gasteiger partial charge in [0.15, 0.2) is 0 Å². The SMILES string of the molecule is C=CCCNC1(CN)CCC(C)C1. The molecular formula is C11H22N2. The first-order valence-corrected chi connectivity index (χ1v) is 5.28. The Labute approximate surface area is 81.6 Å². The van der Waals surface area contributed by atoms with Gasteiger partial charge in [-0.15, -0.1) is 6.58 Å². The van der Waals surface area contributed by atoms with E-state index in [0.717, 1.165) is 25.4 Å². The molecule has 2 heteroatoms. The molecule has 0 bridgehead atoms. The van der Waals surface area contributed by atoms with Gasteiger partial charge in [0, 0.05) is 12.1 Å². The van der Waals surface area contributed by atoms with Gasteiger partial charge in [-0.3, -0.25) is 0 Å². The quantitative estimate of drug-likeness (QED) is 0.501. The molecule has 0 amide bonds. The van der Waals surface area contributed by atoms with E-state index < -0.39 is 0 Å². The lowest BCUT2D eigenvalue weighted by atomic mass is 9.96. The smallest absolute Gasteiger partial charge is 0.0306 e. The predicted octanol–water partition coefficient (Wildman–Crippen LogP) is 1.67. The summed E-state index contributed by atoms with van der Waals surface area (Å²) < 4.78 is 0. The highest BCUT2D eigenvalue weighted by molar-refractivity contribution is 4.96. The average Bonchev–Trinajstić information content (AvgIpc) is 2.49. The summed E-state index contributed by atoms with van der Waals surface area (Å²) in [7, 11) is 0. The fourth-order valence-corrected chi connectivity index (χ4v) is 2.25. The maximum Gasteiger partial charge on any atom is 0.0306 e. The molecule has 0 aromatic rings. The largest absolute Gasteiger partial charge is 0.329 e. The van der Waals surface area contributed by atoms with Gasteiger partial charge >= 0.3 is 0 Å². The number of hydrogen-bond acceptors (Lipinski definition) is 2. The molecule has 2 unspecified atom stereocenters. The first-order valence-electron chi connectivity index (χ1n) is 5.28. The fourth-order valence-electron chi connectivity index (χ4n) is 2.25. The standard InChI is InChI=1S/C11H22N2/c1-3-4-7-13-11(9-12)6-5-10(2)8-11/h3,10,13H,1,4-9,12H2,2H3. The minimum Gasteiger partial charge on any atom is -0.329 e. The van der Waals surface area contributed by atoms with Crippen LogP contribution < -0.4 is 11.1 Å². The Balaban J connectivity index is 2.36. The molecule has 13 heavy (non-hydrogen) atoms. The van der Waals surface area contributed by atoms with E-state index in [-0.39, 0.29) is 5.54 Å². The average molecular weight is 182 g/mol. The van der Waals surface area contributed by atoms with Crippen molar-refractivity contribution in [3.8, 4) is 0 Å². The summed E-state index contributed by atoms with van der Waals surface area (Å²) in [6.45, 7) is 7.82. The predicted molar refractivity (Wildman–Crippen MR) is 57.6 cm³/mol. The van der Waals surface area contributed by atoms with E-state index in [1.54, 1.807) is 0 Å². The summed E-state index contributed by atoms with van der Waals surface area (Å²) in [5.74, 6) is 0.833. The number of rotatable bonds is 5. The maximum atomic E-state index is 5.82. The monoisotopic (exact) mass is 182 g/mol. The van der Waals surface area contributed by atoms with Gasteiger partial charge in [0.1, 0.15) is 0 Å². The fraction of sp³-hybridized carbons (Fsp3) is 0.818. The Morgan fingerprint density at radius 2 is 2.46 bits per heavy atom. The second kappa shape index (κ2) is 4.77. The van der Waals surface area contributed by atoms with Gasteiger partial charge in [0.2, 0.25) is 0 Å². The first kappa shape index (κ1) is 10.7. The molecule has 0 heterocycles. The zero-order chi connectivity index (χ0) is 9.73. The highest BCUT2D eigenvalue weighted by atomic mass is 15.0. The third-order valence-corrected chi connectivity index (χ3v) is 3.09. The second-order valence-corrected chi connectivity index (χ2v) is 4.34. The van der Waals surface area contributed by atoms with Crippen LogP contribution in [0.15, 0.2) is 12.7 Å². The summed E-state index contributed by atoms with van der Waals surface area (Å²) in [5, 5.41) is 3.58. The lowest BCUT2D eigenvalue weighted by molar-refractivity contribution is 0.334. The molecule has 0 aromatic heterocycles. The normalized spacial score (nSPS) is 33.5. The minimum absolute atomic E-state index is 0.239. The molecular weight excluding hydrogens is 160 g/mol. The van der Waals surface area contributed by atoms with Gasteiger partial charge in [-0.25, -0.2) is 0 Å². The maximum absolute atomic E-state index is 5.82. The van der Waals surface area contributed by atoms with Crippen LogP contribution in [-0.2, 0) is 0 Å². The molecule has 1 rings (SSSR count). The van der Waals surface area contributed by atoms with Gasteiger partial charge in [-0.05, 0) is 38.1 Å². The Hall–Kier alpha value is -0.340. The minimum atomic E-state index is 0.239. The third-order valence-electron chi connectivity index (χ3n) is 3.09. The lowest BCUT2D eigenvalue weighted by Crippen LogP contribution is -2.49. The molecule has 1 aliphatic carbocycles. The van der Waals surface area contributed by atoms with Gasteiger partial charge < -0.3 is 11.1 Å². The zero-order valence-corrected chi connectivity index (χ0v) is 8.68. The van der Waals surface area contributed by atoms with Gasteiger partial charge in [0.05, 0.1) is 0 Å². The van der Waals surface area contributed by atoms with Crippen molar-refractivity contribution < 1.29 is 0 Å². The van der Waals surface area contributed by atoms with Crippen molar-refractivity contribution in [3.63, 3.8) is 0 Å². The molecule has 0 aliphatic heterocycles. The topological polar surface area (TPSA) is 38.0 Å². The Morgan fingerprint density at radius 1 is 1.69 bits per heavy atom. The van der Waals surface area contributed by atoms with E-state index in [0.29, 0.717) is 0 Å². The first-order chi connectivity index (χ1) is 6.22. The van der Waals surface area contributed by atoms with Crippen molar-refractivity contribution in [1.29, 1.82) is 0 Å². The van der Waals surface area contributed by atoms with Crippen LogP contribution in [0.25, 0.3) is 0 Å². The van der Waals surface area contributed by atoms with Crippen molar-refractivity contribution >= 4 is 0 Å². The highest BCUT2D eigenvalue weighted by Gasteiger charge is 2.35. The zero-order valence-electron chi connectivity index (χ0n) is 8.68. The molecule has 76 valence electrons. The Kier molecular flexibility index (Phi) is 3.94. The van der Waals surface area contributed by atoms with Crippen LogP contribution in [0.5, 0.6) is 0 Å². The number of nitrogens with one attached hydrogen (secondary N) is 1. The Morgan fingerprint density at radius 3 is 2.92 bits per heavy atom. The second-order valence-electron chi connectivity index (χ2n) is 4.34. The summed E-state index contributed by atoms with van der Waals surface area (Å²) in [6, 6.07) is 0. The van der Waals surface area contributed by atoms with Crippen LogP contribution in [0.1, 0.15) is 32.6 Å². The van der Waals surface area contributed by atoms with Gasteiger partial charge in [-0.2, -0.15) is 0 Å². The van der Waals surface area contributed by atoms with E-state index in [2.05, 4.69) is 18.8 Å². The molecule has 0 spiro atoms. The van der Waals surface area contributed by atoms with Crippen LogP contribution in [-0.4, -0.2) is 18.6 Å². The van der Waals surface area contributed by atoms with Crippen LogP contribution >= 0.6 is 0 Å². The van der Waals surface area contributed by atoms with E-state index >= 15 is 0 Å². The van der Waals surface area contributed by atoms with Crippen molar-refractivity contribution in [1.82, 2.24) is 5.32 Å². The van der Waals surface area contributed by atoms with Crippen molar-refractivity contribution in [3.05, 3.63) is 12.7 Å². The van der Waals surface area contributed by atoms with Crippen LogP contribution in [0, 0.1) is 5.92 Å². The van der Waals surface area contributed by atoms with Crippen molar-refractivity contribution in [2.24, 2.45) is 11.7 Å². The van der Waals surface area contributed by atoms with Crippen LogP contribution in [0.2, 0.25) is 0 Å². The van der Waals surface area contributed by atoms with E-state index in [1.165, 1.54) is 19.3 Å². The van der Waals surface area contributed by atoms with Gasteiger partial charge in [-0.1, -0.05) is 13.0 Å². The third kappa shape index (κ3) is 2.82. The van der Waals surface area contributed by atoms with E-state index in [9.17, 15) is 0 Å². The molecule has 1 fully saturated rings. The van der Waals surface area contributed by atoms with E-state index in [4.69, 9.17) is 5.73 Å². The van der Waals surface area contributed by atoms with Gasteiger partial charge in [0.25, 0.3) is 0 Å². The number of hydrogen-bond donors (Lipinski definition) is 2. The summed E-state index contributed by atoms with van der Waals surface area (Å²) in [4.78, 5) is 0. The van der Waals surface area contributed by atoms with Crippen molar-refractivity contribution in [2.75, 3.05) is 13.1 Å². The summed E-state index contributed by atoms with van der Waals surface area (Å²) in [6.07, 6.45) is 6.78. The molecule has 0 radical (unpaired) electrons. The lowest BCUT2D eigenvalue weighted by Gasteiger charge is -2.29. The molecule has 2 atom stereocenters. The van der Waals surface area contributed by atoms with Crippen molar-refractivity contribution in [2.45, 2.75) is 38.1 Å². The number of nitrogens with two attached hydrogens (primary N) is 1. The molecule has 1 saturated carbocycles. The molecule has 2 nitrogen and oxygen atoms in total. The summed E-state index contributed by atoms with van der Waals surface area (Å²) in [5.41, 5.74) is 6.06. The molecule has 1 aliphatic rings.